The lowest BCUT2D eigenvalue weighted by atomic mass is 9.88. The van der Waals surface area contributed by atoms with E-state index in [1.807, 2.05) is 42.7 Å². The number of amides is 1. The van der Waals surface area contributed by atoms with Crippen LogP contribution in [0.2, 0.25) is 0 Å². The minimum Gasteiger partial charge on any atom is -0.482 e. The molecular weight excluding hydrogens is 508 g/mol. The number of esters is 1. The van der Waals surface area contributed by atoms with Gasteiger partial charge in [0, 0.05) is 11.4 Å². The van der Waals surface area contributed by atoms with Gasteiger partial charge in [-0.15, -0.1) is 28.1 Å². The Morgan fingerprint density at radius 3 is 2.86 bits per heavy atom. The second-order valence-corrected chi connectivity index (χ2v) is 11.2. The van der Waals surface area contributed by atoms with Crippen molar-refractivity contribution in [1.29, 1.82) is 0 Å². The third kappa shape index (κ3) is 6.07. The Balaban J connectivity index is 1.47. The molecule has 2 atom stereocenters. The summed E-state index contributed by atoms with van der Waals surface area (Å²) in [5.74, 6) is 1.47. The largest absolute Gasteiger partial charge is 0.482 e. The lowest BCUT2D eigenvalue weighted by Gasteiger charge is -2.18. The van der Waals surface area contributed by atoms with Gasteiger partial charge in [0.25, 0.3) is 0 Å². The molecule has 37 heavy (non-hydrogen) atoms. The van der Waals surface area contributed by atoms with Crippen molar-refractivity contribution in [3.05, 3.63) is 64.3 Å². The van der Waals surface area contributed by atoms with Crippen molar-refractivity contribution >= 4 is 40.0 Å². The summed E-state index contributed by atoms with van der Waals surface area (Å²) in [7, 11) is 1.37. The molecule has 0 aliphatic heterocycles. The predicted octanol–water partition coefficient (Wildman–Crippen LogP) is 5.62. The Hall–Kier alpha value is -3.11. The predicted molar refractivity (Wildman–Crippen MR) is 147 cm³/mol. The highest BCUT2D eigenvalue weighted by molar-refractivity contribution is 7.99. The second-order valence-electron chi connectivity index (χ2n) is 9.15. The Bertz CT molecular complexity index is 1300. The molecule has 0 saturated carbocycles. The van der Waals surface area contributed by atoms with Gasteiger partial charge in [-0.2, -0.15) is 0 Å². The van der Waals surface area contributed by atoms with Crippen molar-refractivity contribution in [2.75, 3.05) is 18.2 Å². The first-order valence-corrected chi connectivity index (χ1v) is 14.0. The number of carbonyl (C=O) groups is 2. The van der Waals surface area contributed by atoms with Crippen molar-refractivity contribution in [3.8, 4) is 5.75 Å². The van der Waals surface area contributed by atoms with E-state index in [0.29, 0.717) is 34.0 Å². The quantitative estimate of drug-likeness (QED) is 0.203. The SMILES string of the molecule is C=CCn1c(SCC(=O)Nc2sc3c(c2C(=O)OC)CCC(C)C3)nnc1C(C)Oc1ccccc1C. The number of hydrogen-bond donors (Lipinski definition) is 1. The van der Waals surface area contributed by atoms with Crippen LogP contribution in [0.5, 0.6) is 5.75 Å². The van der Waals surface area contributed by atoms with Gasteiger partial charge in [-0.3, -0.25) is 9.36 Å². The van der Waals surface area contributed by atoms with Crippen LogP contribution in [0.3, 0.4) is 0 Å². The number of para-hydroxylation sites is 1. The number of aryl methyl sites for hydroxylation is 1. The molecule has 1 aromatic carbocycles. The number of rotatable bonds is 10. The highest BCUT2D eigenvalue weighted by Crippen LogP contribution is 2.40. The fourth-order valence-corrected chi connectivity index (χ4v) is 6.56. The number of ether oxygens (including phenoxy) is 2. The van der Waals surface area contributed by atoms with Gasteiger partial charge in [0.05, 0.1) is 18.4 Å². The summed E-state index contributed by atoms with van der Waals surface area (Å²) < 4.78 is 13.1. The summed E-state index contributed by atoms with van der Waals surface area (Å²) in [5.41, 5.74) is 2.54. The maximum absolute atomic E-state index is 12.9. The van der Waals surface area contributed by atoms with E-state index in [9.17, 15) is 9.59 Å². The van der Waals surface area contributed by atoms with Gasteiger partial charge < -0.3 is 14.8 Å². The first-order chi connectivity index (χ1) is 17.8. The Morgan fingerprint density at radius 1 is 1.35 bits per heavy atom. The third-order valence-electron chi connectivity index (χ3n) is 6.30. The molecule has 1 aliphatic rings. The lowest BCUT2D eigenvalue weighted by Crippen LogP contribution is -2.17. The van der Waals surface area contributed by atoms with Gasteiger partial charge in [0.15, 0.2) is 17.1 Å². The first kappa shape index (κ1) is 26.9. The van der Waals surface area contributed by atoms with Crippen LogP contribution in [-0.4, -0.2) is 39.5 Å². The van der Waals surface area contributed by atoms with E-state index in [1.54, 1.807) is 6.08 Å². The molecule has 10 heteroatoms. The van der Waals surface area contributed by atoms with Gasteiger partial charge in [-0.1, -0.05) is 43.0 Å². The molecule has 1 amide bonds. The van der Waals surface area contributed by atoms with Crippen LogP contribution >= 0.6 is 23.1 Å². The van der Waals surface area contributed by atoms with E-state index in [4.69, 9.17) is 9.47 Å². The average molecular weight is 541 g/mol. The Kier molecular flexibility index (Phi) is 8.71. The number of benzene rings is 1. The summed E-state index contributed by atoms with van der Waals surface area (Å²) in [6.45, 7) is 10.5. The second kappa shape index (κ2) is 12.0. The van der Waals surface area contributed by atoms with E-state index in [-0.39, 0.29) is 17.8 Å². The fraction of sp³-hybridized carbons (Fsp3) is 0.407. The van der Waals surface area contributed by atoms with Crippen LogP contribution in [0.4, 0.5) is 5.00 Å². The van der Waals surface area contributed by atoms with E-state index in [0.717, 1.165) is 41.0 Å². The number of thioether (sulfide) groups is 1. The summed E-state index contributed by atoms with van der Waals surface area (Å²) in [5, 5.41) is 12.8. The van der Waals surface area contributed by atoms with Crippen LogP contribution in [0, 0.1) is 12.8 Å². The van der Waals surface area contributed by atoms with E-state index >= 15 is 0 Å². The molecule has 1 aliphatic carbocycles. The smallest absolute Gasteiger partial charge is 0.341 e. The topological polar surface area (TPSA) is 95.3 Å². The number of fused-ring (bicyclic) bond motifs is 1. The molecular formula is C27H32N4O4S2. The number of thiophene rings is 1. The zero-order valence-corrected chi connectivity index (χ0v) is 23.2. The molecule has 4 rings (SSSR count). The van der Waals surface area contributed by atoms with Gasteiger partial charge in [-0.05, 0) is 56.2 Å². The summed E-state index contributed by atoms with van der Waals surface area (Å²) >= 11 is 2.76. The van der Waals surface area contributed by atoms with E-state index < -0.39 is 5.97 Å². The molecule has 1 N–H and O–H groups in total. The number of allylic oxidation sites excluding steroid dienone is 1. The number of nitrogens with zero attached hydrogens (tertiary/aromatic N) is 3. The fourth-order valence-electron chi connectivity index (χ4n) is 4.39. The third-order valence-corrected chi connectivity index (χ3v) is 8.44. The van der Waals surface area contributed by atoms with Gasteiger partial charge in [-0.25, -0.2) is 4.79 Å². The summed E-state index contributed by atoms with van der Waals surface area (Å²) in [6, 6.07) is 7.81. The first-order valence-electron chi connectivity index (χ1n) is 12.2. The van der Waals surface area contributed by atoms with Crippen LogP contribution < -0.4 is 10.1 Å². The lowest BCUT2D eigenvalue weighted by molar-refractivity contribution is -0.113. The van der Waals surface area contributed by atoms with Crippen molar-refractivity contribution in [2.24, 2.45) is 5.92 Å². The van der Waals surface area contributed by atoms with Gasteiger partial charge in [0.2, 0.25) is 5.91 Å². The molecule has 3 aromatic rings. The van der Waals surface area contributed by atoms with E-state index in [2.05, 4.69) is 29.0 Å². The molecule has 0 radical (unpaired) electrons. The van der Waals surface area contributed by atoms with Crippen LogP contribution in [-0.2, 0) is 28.9 Å². The number of anilines is 1. The number of hydrogen-bond acceptors (Lipinski definition) is 8. The Labute approximate surface area is 225 Å². The van der Waals surface area contributed by atoms with Crippen molar-refractivity contribution in [3.63, 3.8) is 0 Å². The Morgan fingerprint density at radius 2 is 2.14 bits per heavy atom. The zero-order chi connectivity index (χ0) is 26.5. The molecule has 0 spiro atoms. The van der Waals surface area contributed by atoms with Crippen LogP contribution in [0.15, 0.2) is 42.1 Å². The monoisotopic (exact) mass is 540 g/mol. The van der Waals surface area contributed by atoms with Crippen molar-refractivity contribution < 1.29 is 19.1 Å². The molecule has 8 nitrogen and oxygen atoms in total. The number of carbonyl (C=O) groups excluding carboxylic acids is 2. The molecule has 196 valence electrons. The normalized spacial score (nSPS) is 15.5. The summed E-state index contributed by atoms with van der Waals surface area (Å²) in [6.07, 6.45) is 4.16. The number of methoxy groups -OCH3 is 1. The minimum absolute atomic E-state index is 0.113. The standard InChI is InChI=1S/C27H32N4O4S2/c1-6-13-31-24(18(4)35-20-10-8-7-9-17(20)3)29-30-27(31)36-15-22(32)28-25-23(26(33)34-5)19-12-11-16(2)14-21(19)37-25/h6-10,16,18H,1,11-15H2,2-5H3,(H,28,32). The number of aromatic nitrogens is 3. The molecule has 0 fully saturated rings. The average Bonchev–Trinajstić information content (AvgIpc) is 3.44. The molecule has 2 unspecified atom stereocenters. The highest BCUT2D eigenvalue weighted by atomic mass is 32.2. The van der Waals surface area contributed by atoms with Crippen LogP contribution in [0.25, 0.3) is 0 Å². The van der Waals surface area contributed by atoms with Crippen molar-refractivity contribution in [2.45, 2.75) is 57.8 Å². The van der Waals surface area contributed by atoms with Gasteiger partial charge >= 0.3 is 5.97 Å². The van der Waals surface area contributed by atoms with Gasteiger partial charge in [0.1, 0.15) is 10.8 Å². The van der Waals surface area contributed by atoms with Crippen LogP contribution in [0.1, 0.15) is 58.6 Å². The van der Waals surface area contributed by atoms with E-state index in [1.165, 1.54) is 30.2 Å². The van der Waals surface area contributed by atoms with Crippen molar-refractivity contribution in [1.82, 2.24) is 14.8 Å². The molecule has 0 saturated heterocycles. The zero-order valence-electron chi connectivity index (χ0n) is 21.6. The maximum atomic E-state index is 12.9. The summed E-state index contributed by atoms with van der Waals surface area (Å²) in [4.78, 5) is 26.6. The highest BCUT2D eigenvalue weighted by Gasteiger charge is 2.29. The molecule has 2 heterocycles. The minimum atomic E-state index is -0.409. The molecule has 2 aromatic heterocycles. The maximum Gasteiger partial charge on any atom is 0.341 e. The number of nitrogens with one attached hydrogen (secondary N) is 1. The molecule has 0 bridgehead atoms.